The van der Waals surface area contributed by atoms with E-state index in [1.54, 1.807) is 0 Å². The molecule has 1 saturated carbocycles. The lowest BCUT2D eigenvalue weighted by Gasteiger charge is -2.29. The zero-order valence-corrected chi connectivity index (χ0v) is 16.9. The Kier molecular flexibility index (Phi) is 4.27. The number of rotatable bonds is 4. The molecule has 146 valence electrons. The van der Waals surface area contributed by atoms with Gasteiger partial charge in [-0.1, -0.05) is 18.9 Å². The van der Waals surface area contributed by atoms with Gasteiger partial charge in [0.1, 0.15) is 4.83 Å². The molecule has 0 radical (unpaired) electrons. The van der Waals surface area contributed by atoms with Gasteiger partial charge in [-0.05, 0) is 43.5 Å². The number of hydrogen-bond donors (Lipinski definition) is 0. The Morgan fingerprint density at radius 3 is 2.82 bits per heavy atom. The van der Waals surface area contributed by atoms with Gasteiger partial charge in [-0.25, -0.2) is 0 Å². The number of hydrogen-bond acceptors (Lipinski definition) is 5. The van der Waals surface area contributed by atoms with Crippen LogP contribution in [0.3, 0.4) is 0 Å². The largest absolute Gasteiger partial charge is 0.454 e. The van der Waals surface area contributed by atoms with Gasteiger partial charge in [0.2, 0.25) is 6.79 Å². The van der Waals surface area contributed by atoms with Crippen molar-refractivity contribution in [3.05, 3.63) is 40.4 Å². The molecule has 0 N–H and O–H groups in total. The molecule has 0 bridgehead atoms. The Bertz CT molecular complexity index is 1010. The van der Waals surface area contributed by atoms with E-state index < -0.39 is 0 Å². The molecule has 1 aromatic carbocycles. The van der Waals surface area contributed by atoms with Gasteiger partial charge in [0, 0.05) is 25.0 Å². The first-order valence-electron chi connectivity index (χ1n) is 9.73. The fourth-order valence-corrected chi connectivity index (χ4v) is 5.35. The van der Waals surface area contributed by atoms with E-state index >= 15 is 0 Å². The minimum atomic E-state index is 0.116. The van der Waals surface area contributed by atoms with Crippen LogP contribution in [0.15, 0.2) is 24.3 Å². The topological polar surface area (TPSA) is 56.6 Å². The fraction of sp³-hybridized carbons (Fsp3) is 0.429. The lowest BCUT2D eigenvalue weighted by atomic mass is 10.1. The number of fused-ring (bicyclic) bond motifs is 2. The Hall–Kier alpha value is -2.54. The van der Waals surface area contributed by atoms with Crippen molar-refractivity contribution >= 4 is 27.5 Å². The van der Waals surface area contributed by atoms with Crippen molar-refractivity contribution in [2.24, 2.45) is 7.05 Å². The quantitative estimate of drug-likeness (QED) is 0.660. The predicted octanol–water partition coefficient (Wildman–Crippen LogP) is 4.26. The summed E-state index contributed by atoms with van der Waals surface area (Å²) in [6.45, 7) is 2.84. The minimum Gasteiger partial charge on any atom is -0.454 e. The average molecular weight is 398 g/mol. The van der Waals surface area contributed by atoms with Crippen LogP contribution >= 0.6 is 11.3 Å². The maximum absolute atomic E-state index is 13.5. The van der Waals surface area contributed by atoms with Gasteiger partial charge in [0.15, 0.2) is 11.5 Å². The van der Waals surface area contributed by atoms with Crippen LogP contribution in [0, 0.1) is 6.92 Å². The van der Waals surface area contributed by atoms with Crippen molar-refractivity contribution in [1.82, 2.24) is 14.7 Å². The number of thiophene rings is 1. The summed E-state index contributed by atoms with van der Waals surface area (Å²) in [5.41, 5.74) is 2.04. The smallest absolute Gasteiger partial charge is 0.264 e. The highest BCUT2D eigenvalue weighted by molar-refractivity contribution is 7.20. The first-order chi connectivity index (χ1) is 13.6. The third kappa shape index (κ3) is 2.94. The Morgan fingerprint density at radius 1 is 1.25 bits per heavy atom. The molecule has 1 amide bonds. The number of nitrogens with zero attached hydrogens (tertiary/aromatic N) is 3. The van der Waals surface area contributed by atoms with E-state index in [1.807, 2.05) is 42.9 Å². The first-order valence-corrected chi connectivity index (χ1v) is 10.5. The summed E-state index contributed by atoms with van der Waals surface area (Å²) in [5.74, 6) is 1.65. The zero-order valence-electron chi connectivity index (χ0n) is 16.1. The van der Waals surface area contributed by atoms with E-state index in [0.29, 0.717) is 12.6 Å². The van der Waals surface area contributed by atoms with Crippen LogP contribution in [0.5, 0.6) is 11.5 Å². The first kappa shape index (κ1) is 17.6. The Labute approximate surface area is 167 Å². The third-order valence-electron chi connectivity index (χ3n) is 5.72. The highest BCUT2D eigenvalue weighted by atomic mass is 32.1. The van der Waals surface area contributed by atoms with E-state index in [9.17, 15) is 4.79 Å². The van der Waals surface area contributed by atoms with Gasteiger partial charge in [0.25, 0.3) is 5.91 Å². The molecule has 2 aromatic heterocycles. The van der Waals surface area contributed by atoms with Crippen molar-refractivity contribution in [3.63, 3.8) is 0 Å². The third-order valence-corrected chi connectivity index (χ3v) is 6.91. The van der Waals surface area contributed by atoms with Crippen molar-refractivity contribution in [1.29, 1.82) is 0 Å². The molecule has 3 aromatic rings. The fourth-order valence-electron chi connectivity index (χ4n) is 4.27. The zero-order chi connectivity index (χ0) is 19.3. The number of aromatic nitrogens is 2. The van der Waals surface area contributed by atoms with Gasteiger partial charge >= 0.3 is 0 Å². The SMILES string of the molecule is Cc1nn(C)c2sc(C(=O)N(Cc3ccc4c(c3)OCO4)C3CCCC3)cc12. The van der Waals surface area contributed by atoms with Crippen molar-refractivity contribution < 1.29 is 14.3 Å². The predicted molar refractivity (Wildman–Crippen MR) is 108 cm³/mol. The summed E-state index contributed by atoms with van der Waals surface area (Å²) >= 11 is 1.54. The average Bonchev–Trinajstić information content (AvgIpc) is 3.46. The molecule has 28 heavy (non-hydrogen) atoms. The Morgan fingerprint density at radius 2 is 2.04 bits per heavy atom. The summed E-state index contributed by atoms with van der Waals surface area (Å²) < 4.78 is 12.8. The number of ether oxygens (including phenoxy) is 2. The molecule has 6 nitrogen and oxygen atoms in total. The van der Waals surface area contributed by atoms with Crippen LogP contribution in [-0.2, 0) is 13.6 Å². The normalized spacial score (nSPS) is 16.2. The molecule has 1 aliphatic heterocycles. The molecule has 2 aliphatic rings. The summed E-state index contributed by atoms with van der Waals surface area (Å²) in [4.78, 5) is 17.4. The summed E-state index contributed by atoms with van der Waals surface area (Å²) in [5, 5.41) is 5.52. The number of benzene rings is 1. The van der Waals surface area contributed by atoms with Gasteiger partial charge in [-0.15, -0.1) is 11.3 Å². The van der Waals surface area contributed by atoms with Gasteiger partial charge in [-0.3, -0.25) is 9.48 Å². The standard InChI is InChI=1S/C21H23N3O3S/c1-13-16-10-19(28-21(16)23(2)22-13)20(25)24(15-5-3-4-6-15)11-14-7-8-17-18(9-14)27-12-26-17/h7-10,15H,3-6,11-12H2,1-2H3. The molecule has 0 atom stereocenters. The van der Waals surface area contributed by atoms with Gasteiger partial charge in [0.05, 0.1) is 10.6 Å². The van der Waals surface area contributed by atoms with Crippen molar-refractivity contribution in [2.45, 2.75) is 45.2 Å². The van der Waals surface area contributed by atoms with Gasteiger partial charge < -0.3 is 14.4 Å². The molecule has 1 aliphatic carbocycles. The van der Waals surface area contributed by atoms with Crippen LogP contribution in [-0.4, -0.2) is 33.4 Å². The maximum atomic E-state index is 13.5. The number of carbonyl (C=O) groups excluding carboxylic acids is 1. The molecule has 0 spiro atoms. The van der Waals surface area contributed by atoms with Crippen LogP contribution < -0.4 is 9.47 Å². The second-order valence-corrected chi connectivity index (χ2v) is 8.63. The summed E-state index contributed by atoms with van der Waals surface area (Å²) in [7, 11) is 1.93. The molecule has 5 rings (SSSR count). The monoisotopic (exact) mass is 397 g/mol. The van der Waals surface area contributed by atoms with Crippen LogP contribution in [0.25, 0.3) is 10.2 Å². The van der Waals surface area contributed by atoms with Crippen molar-refractivity contribution in [3.8, 4) is 11.5 Å². The highest BCUT2D eigenvalue weighted by Crippen LogP contribution is 2.35. The van der Waals surface area contributed by atoms with Gasteiger partial charge in [-0.2, -0.15) is 5.10 Å². The second-order valence-electron chi connectivity index (χ2n) is 7.60. The summed E-state index contributed by atoms with van der Waals surface area (Å²) in [6, 6.07) is 8.26. The lowest BCUT2D eigenvalue weighted by molar-refractivity contribution is 0.0669. The minimum absolute atomic E-state index is 0.116. The highest BCUT2D eigenvalue weighted by Gasteiger charge is 2.29. The van der Waals surface area contributed by atoms with E-state index in [0.717, 1.165) is 50.7 Å². The van der Waals surface area contributed by atoms with E-state index in [1.165, 1.54) is 24.2 Å². The van der Waals surface area contributed by atoms with Crippen LogP contribution in [0.4, 0.5) is 0 Å². The summed E-state index contributed by atoms with van der Waals surface area (Å²) in [6.07, 6.45) is 4.51. The van der Waals surface area contributed by atoms with E-state index in [-0.39, 0.29) is 12.7 Å². The number of amides is 1. The molecular weight excluding hydrogens is 374 g/mol. The molecule has 3 heterocycles. The Balaban J connectivity index is 1.47. The molecule has 0 unspecified atom stereocenters. The lowest BCUT2D eigenvalue weighted by Crippen LogP contribution is -2.37. The molecule has 0 saturated heterocycles. The van der Waals surface area contributed by atoms with Crippen LogP contribution in [0.1, 0.15) is 46.6 Å². The van der Waals surface area contributed by atoms with Crippen LogP contribution in [0.2, 0.25) is 0 Å². The maximum Gasteiger partial charge on any atom is 0.264 e. The molecular formula is C21H23N3O3S. The molecule has 1 fully saturated rings. The van der Waals surface area contributed by atoms with Crippen molar-refractivity contribution in [2.75, 3.05) is 6.79 Å². The van der Waals surface area contributed by atoms with E-state index in [4.69, 9.17) is 9.47 Å². The number of aryl methyl sites for hydroxylation is 2. The second kappa shape index (κ2) is 6.81. The molecule has 7 heteroatoms. The number of carbonyl (C=O) groups is 1. The van der Waals surface area contributed by atoms with E-state index in [2.05, 4.69) is 10.00 Å².